The van der Waals surface area contributed by atoms with Gasteiger partial charge in [-0.15, -0.1) is 0 Å². The summed E-state index contributed by atoms with van der Waals surface area (Å²) in [5, 5.41) is 9.57. The number of anilines is 2. The van der Waals surface area contributed by atoms with E-state index in [1.54, 1.807) is 18.2 Å². The normalized spacial score (nSPS) is 18.5. The van der Waals surface area contributed by atoms with Crippen molar-refractivity contribution < 1.29 is 22.9 Å². The van der Waals surface area contributed by atoms with Gasteiger partial charge >= 0.3 is 0 Å². The van der Waals surface area contributed by atoms with Crippen LogP contribution in [0, 0.1) is 6.92 Å². The quantitative estimate of drug-likeness (QED) is 0.457. The van der Waals surface area contributed by atoms with E-state index in [0.717, 1.165) is 11.1 Å². The molecule has 10 heteroatoms. The molecule has 1 aliphatic heterocycles. The van der Waals surface area contributed by atoms with Crippen LogP contribution in [0.3, 0.4) is 0 Å². The van der Waals surface area contributed by atoms with E-state index in [1.165, 1.54) is 6.20 Å². The van der Waals surface area contributed by atoms with Crippen LogP contribution in [0.15, 0.2) is 51.5 Å². The van der Waals surface area contributed by atoms with Crippen LogP contribution in [0.1, 0.15) is 39.9 Å². The average Bonchev–Trinajstić information content (AvgIpc) is 3.26. The minimum atomic E-state index is -0.929. The number of fused-ring (bicyclic) bond motifs is 1. The van der Waals surface area contributed by atoms with Gasteiger partial charge in [0.15, 0.2) is 0 Å². The summed E-state index contributed by atoms with van der Waals surface area (Å²) in [6.07, 6.45) is 1.10. The van der Waals surface area contributed by atoms with Crippen molar-refractivity contribution in [2.24, 2.45) is 0 Å². The summed E-state index contributed by atoms with van der Waals surface area (Å²) < 4.78 is 24.2. The number of benzene rings is 2. The third-order valence-corrected chi connectivity index (χ3v) is 5.94. The predicted molar refractivity (Wildman–Crippen MR) is 119 cm³/mol. The number of hydrogen-bond acceptors (Lipinski definition) is 7. The van der Waals surface area contributed by atoms with Crippen LogP contribution in [-0.2, 0) is 11.2 Å². The largest absolute Gasteiger partial charge is 0.431 e. The van der Waals surface area contributed by atoms with Crippen molar-refractivity contribution in [3.63, 3.8) is 0 Å². The number of nitrogens with one attached hydrogen (secondary N) is 2. The number of aromatic nitrogens is 3. The molecule has 9 nitrogen and oxygen atoms in total. The molecule has 1 fully saturated rings. The second-order valence-electron chi connectivity index (χ2n) is 8.39. The molecule has 170 valence electrons. The Morgan fingerprint density at radius 1 is 1.26 bits per heavy atom. The summed E-state index contributed by atoms with van der Waals surface area (Å²) in [6, 6.07) is 10.8. The topological polar surface area (TPSA) is 123 Å². The van der Waals surface area contributed by atoms with Crippen molar-refractivity contribution in [1.82, 2.24) is 15.1 Å². The van der Waals surface area contributed by atoms with E-state index in [0.29, 0.717) is 41.2 Å². The highest BCUT2D eigenvalue weighted by atomic mass is 19.1. The van der Waals surface area contributed by atoms with Gasteiger partial charge in [-0.3, -0.25) is 9.59 Å². The van der Waals surface area contributed by atoms with Gasteiger partial charge in [-0.1, -0.05) is 29.4 Å². The molecule has 2 aliphatic rings. The summed E-state index contributed by atoms with van der Waals surface area (Å²) in [6.45, 7) is 1.85. The highest BCUT2D eigenvalue weighted by molar-refractivity contribution is 6.04. The summed E-state index contributed by atoms with van der Waals surface area (Å²) >= 11 is 0. The lowest BCUT2D eigenvalue weighted by atomic mass is 10.1. The Hall–Kier alpha value is -4.34. The number of alkyl halides is 1. The number of carbonyl (C=O) groups is 2. The smallest absolute Gasteiger partial charge is 0.293 e. The molecule has 3 heterocycles. The van der Waals surface area contributed by atoms with Gasteiger partial charge in [0, 0.05) is 11.3 Å². The SMILES string of the molecule is Cc1ccc(-c2noc([C@H]3C[C@@H]3F)n2)cc1NC(=O)c1cnc(-c2cccc3c2NC(=O)C3)o1. The van der Waals surface area contributed by atoms with Crippen molar-refractivity contribution in [2.45, 2.75) is 31.9 Å². The van der Waals surface area contributed by atoms with Gasteiger partial charge in [-0.25, -0.2) is 9.37 Å². The molecule has 1 aliphatic carbocycles. The first-order valence-electron chi connectivity index (χ1n) is 10.7. The Labute approximate surface area is 192 Å². The zero-order chi connectivity index (χ0) is 23.4. The molecule has 0 spiro atoms. The number of hydrogen-bond donors (Lipinski definition) is 2. The standard InChI is InChI=1S/C24H18FN5O4/c1-11-5-6-13(21-29-24(34-30-21)15-9-16(15)25)7-17(11)27-22(32)18-10-26-23(33-18)14-4-2-3-12-8-19(31)28-20(12)14/h2-7,10,15-16H,8-9H2,1H3,(H,27,32)(H,28,31)/t15-,16-/m0/s1. The Morgan fingerprint density at radius 3 is 2.94 bits per heavy atom. The van der Waals surface area contributed by atoms with Crippen LogP contribution in [0.2, 0.25) is 0 Å². The van der Waals surface area contributed by atoms with Crippen LogP contribution in [0.4, 0.5) is 15.8 Å². The van der Waals surface area contributed by atoms with E-state index in [4.69, 9.17) is 8.94 Å². The number of para-hydroxylation sites is 1. The highest BCUT2D eigenvalue weighted by Gasteiger charge is 2.43. The summed E-state index contributed by atoms with van der Waals surface area (Å²) in [4.78, 5) is 33.1. The zero-order valence-electron chi connectivity index (χ0n) is 18.0. The fourth-order valence-electron chi connectivity index (χ4n) is 3.94. The molecular formula is C24H18FN5O4. The minimum absolute atomic E-state index is 0.0197. The molecule has 0 radical (unpaired) electrons. The second kappa shape index (κ2) is 7.62. The van der Waals surface area contributed by atoms with Crippen LogP contribution < -0.4 is 10.6 Å². The molecule has 2 N–H and O–H groups in total. The summed E-state index contributed by atoms with van der Waals surface area (Å²) in [5.74, 6) is -0.0458. The fourth-order valence-corrected chi connectivity index (χ4v) is 3.94. The third kappa shape index (κ3) is 3.53. The molecule has 4 aromatic rings. The molecule has 34 heavy (non-hydrogen) atoms. The number of oxazole rings is 1. The third-order valence-electron chi connectivity index (χ3n) is 5.94. The van der Waals surface area contributed by atoms with Crippen molar-refractivity contribution in [3.05, 3.63) is 65.4 Å². The van der Waals surface area contributed by atoms with Crippen molar-refractivity contribution in [1.29, 1.82) is 0 Å². The van der Waals surface area contributed by atoms with Gasteiger partial charge in [0.2, 0.25) is 29.3 Å². The van der Waals surface area contributed by atoms with E-state index in [1.807, 2.05) is 25.1 Å². The summed E-state index contributed by atoms with van der Waals surface area (Å²) in [5.41, 5.74) is 4.09. The first-order valence-corrected chi connectivity index (χ1v) is 10.7. The Kier molecular flexibility index (Phi) is 4.54. The number of rotatable bonds is 5. The maximum absolute atomic E-state index is 13.3. The number of carbonyl (C=O) groups excluding carboxylic acids is 2. The van der Waals surface area contributed by atoms with Gasteiger partial charge in [-0.2, -0.15) is 4.98 Å². The van der Waals surface area contributed by atoms with Gasteiger partial charge in [0.1, 0.15) is 6.17 Å². The minimum Gasteiger partial charge on any atom is -0.431 e. The van der Waals surface area contributed by atoms with E-state index in [9.17, 15) is 14.0 Å². The molecule has 2 aromatic heterocycles. The Bertz CT molecular complexity index is 1460. The molecule has 6 rings (SSSR count). The number of nitrogens with zero attached hydrogens (tertiary/aromatic N) is 3. The van der Waals surface area contributed by atoms with Crippen LogP contribution in [0.25, 0.3) is 22.8 Å². The van der Waals surface area contributed by atoms with E-state index in [2.05, 4.69) is 25.8 Å². The number of amides is 2. The molecule has 0 unspecified atom stereocenters. The molecule has 0 saturated heterocycles. The van der Waals surface area contributed by atoms with Crippen LogP contribution >= 0.6 is 0 Å². The average molecular weight is 459 g/mol. The molecule has 2 atom stereocenters. The molecule has 2 amide bonds. The molecule has 0 bridgehead atoms. The van der Waals surface area contributed by atoms with E-state index < -0.39 is 12.1 Å². The highest BCUT2D eigenvalue weighted by Crippen LogP contribution is 2.43. The first kappa shape index (κ1) is 20.3. The van der Waals surface area contributed by atoms with Crippen molar-refractivity contribution in [3.8, 4) is 22.8 Å². The van der Waals surface area contributed by atoms with E-state index >= 15 is 0 Å². The molecule has 1 saturated carbocycles. The predicted octanol–water partition coefficient (Wildman–Crippen LogP) is 4.27. The Morgan fingerprint density at radius 2 is 2.12 bits per heavy atom. The second-order valence-corrected chi connectivity index (χ2v) is 8.39. The number of halogens is 1. The van der Waals surface area contributed by atoms with Gasteiger partial charge in [0.05, 0.1) is 29.8 Å². The Balaban J connectivity index is 1.23. The monoisotopic (exact) mass is 459 g/mol. The van der Waals surface area contributed by atoms with Gasteiger partial charge < -0.3 is 19.6 Å². The fraction of sp³-hybridized carbons (Fsp3) is 0.208. The van der Waals surface area contributed by atoms with Crippen LogP contribution in [-0.4, -0.2) is 33.1 Å². The number of aryl methyl sites for hydroxylation is 1. The van der Waals surface area contributed by atoms with Crippen molar-refractivity contribution >= 4 is 23.2 Å². The van der Waals surface area contributed by atoms with Gasteiger partial charge in [0.25, 0.3) is 5.91 Å². The first-order chi connectivity index (χ1) is 16.5. The molecular weight excluding hydrogens is 441 g/mol. The maximum Gasteiger partial charge on any atom is 0.293 e. The lowest BCUT2D eigenvalue weighted by molar-refractivity contribution is -0.115. The van der Waals surface area contributed by atoms with Crippen molar-refractivity contribution in [2.75, 3.05) is 10.6 Å². The maximum atomic E-state index is 13.3. The lowest BCUT2D eigenvalue weighted by Gasteiger charge is -2.08. The molecule has 2 aromatic carbocycles. The van der Waals surface area contributed by atoms with E-state index in [-0.39, 0.29) is 29.4 Å². The zero-order valence-corrected chi connectivity index (χ0v) is 18.0. The lowest BCUT2D eigenvalue weighted by Crippen LogP contribution is -2.12. The summed E-state index contributed by atoms with van der Waals surface area (Å²) in [7, 11) is 0. The van der Waals surface area contributed by atoms with Gasteiger partial charge in [-0.05, 0) is 36.6 Å². The van der Waals surface area contributed by atoms with Crippen LogP contribution in [0.5, 0.6) is 0 Å².